The minimum Gasteiger partial charge on any atom is -0.300 e. The lowest BCUT2D eigenvalue weighted by atomic mass is 10.0. The molecular formula is C20H23ClN4S. The first-order chi connectivity index (χ1) is 12.7. The molecule has 3 aromatic heterocycles. The van der Waals surface area contributed by atoms with Gasteiger partial charge in [-0.15, -0.1) is 11.3 Å². The molecule has 3 heterocycles. The normalized spacial score (nSPS) is 13.5. The van der Waals surface area contributed by atoms with Crippen LogP contribution in [-0.4, -0.2) is 15.0 Å². The average Bonchev–Trinajstić information content (AvgIpc) is 3.17. The summed E-state index contributed by atoms with van der Waals surface area (Å²) >= 11 is 8.01. The van der Waals surface area contributed by atoms with E-state index in [1.165, 1.54) is 0 Å². The maximum Gasteiger partial charge on any atom is 0.0984 e. The zero-order valence-electron chi connectivity index (χ0n) is 15.0. The SMILES string of the molecule is CC[C@H](N[C@H](CC)c1cccc(Cc2nccs2)n1)c1ncccc1Cl. The topological polar surface area (TPSA) is 50.7 Å². The van der Waals surface area contributed by atoms with Gasteiger partial charge >= 0.3 is 0 Å². The summed E-state index contributed by atoms with van der Waals surface area (Å²) < 4.78 is 0. The van der Waals surface area contributed by atoms with Crippen LogP contribution in [-0.2, 0) is 6.42 Å². The smallest absolute Gasteiger partial charge is 0.0984 e. The van der Waals surface area contributed by atoms with Crippen molar-refractivity contribution in [3.63, 3.8) is 0 Å². The van der Waals surface area contributed by atoms with Crippen molar-refractivity contribution in [1.82, 2.24) is 20.3 Å². The number of pyridine rings is 2. The first-order valence-corrected chi connectivity index (χ1v) is 10.2. The third-order valence-electron chi connectivity index (χ3n) is 4.34. The highest BCUT2D eigenvalue weighted by molar-refractivity contribution is 7.09. The summed E-state index contributed by atoms with van der Waals surface area (Å²) in [6.45, 7) is 4.31. The van der Waals surface area contributed by atoms with E-state index in [2.05, 4.69) is 47.3 Å². The second-order valence-electron chi connectivity index (χ2n) is 6.12. The van der Waals surface area contributed by atoms with Crippen LogP contribution in [0, 0.1) is 0 Å². The molecule has 0 aliphatic heterocycles. The lowest BCUT2D eigenvalue weighted by molar-refractivity contribution is 0.412. The van der Waals surface area contributed by atoms with E-state index in [0.29, 0.717) is 5.02 Å². The van der Waals surface area contributed by atoms with Crippen molar-refractivity contribution in [2.45, 2.75) is 45.2 Å². The number of thiazole rings is 1. The molecular weight excluding hydrogens is 364 g/mol. The number of halogens is 1. The van der Waals surface area contributed by atoms with Crippen LogP contribution in [0.1, 0.15) is 60.9 Å². The average molecular weight is 387 g/mol. The van der Waals surface area contributed by atoms with Crippen LogP contribution < -0.4 is 5.32 Å². The molecule has 0 radical (unpaired) electrons. The number of aromatic nitrogens is 3. The summed E-state index contributed by atoms with van der Waals surface area (Å²) in [7, 11) is 0. The third kappa shape index (κ3) is 4.67. The minimum atomic E-state index is 0.0954. The number of hydrogen-bond donors (Lipinski definition) is 1. The number of nitrogens with zero attached hydrogens (tertiary/aromatic N) is 3. The van der Waals surface area contributed by atoms with Gasteiger partial charge in [-0.25, -0.2) is 4.98 Å². The monoisotopic (exact) mass is 386 g/mol. The van der Waals surface area contributed by atoms with Crippen LogP contribution in [0.25, 0.3) is 0 Å². The predicted octanol–water partition coefficient (Wildman–Crippen LogP) is 5.37. The fraction of sp³-hybridized carbons (Fsp3) is 0.350. The number of hydrogen-bond acceptors (Lipinski definition) is 5. The van der Waals surface area contributed by atoms with Crippen molar-refractivity contribution in [3.05, 3.63) is 75.2 Å². The predicted molar refractivity (Wildman–Crippen MR) is 108 cm³/mol. The largest absolute Gasteiger partial charge is 0.300 e. The van der Waals surface area contributed by atoms with E-state index in [0.717, 1.165) is 41.4 Å². The number of nitrogens with one attached hydrogen (secondary N) is 1. The molecule has 0 saturated carbocycles. The van der Waals surface area contributed by atoms with E-state index < -0.39 is 0 Å². The van der Waals surface area contributed by atoms with Crippen LogP contribution >= 0.6 is 22.9 Å². The highest BCUT2D eigenvalue weighted by atomic mass is 35.5. The highest BCUT2D eigenvalue weighted by Gasteiger charge is 2.20. The highest BCUT2D eigenvalue weighted by Crippen LogP contribution is 2.27. The quantitative estimate of drug-likeness (QED) is 0.565. The first-order valence-electron chi connectivity index (χ1n) is 8.91. The van der Waals surface area contributed by atoms with Gasteiger partial charge in [-0.3, -0.25) is 9.97 Å². The molecule has 3 rings (SSSR count). The summed E-state index contributed by atoms with van der Waals surface area (Å²) in [5, 5.41) is 7.48. The standard InChI is InChI=1S/C20H23ClN4S/c1-3-16(25-17(4-2)20-15(21)8-6-10-23-20)18-9-5-7-14(24-18)13-19-22-11-12-26-19/h5-12,16-17,25H,3-4,13H2,1-2H3/t16-,17+/m1/s1. The van der Waals surface area contributed by atoms with Gasteiger partial charge in [-0.05, 0) is 37.1 Å². The van der Waals surface area contributed by atoms with Gasteiger partial charge in [-0.2, -0.15) is 0 Å². The molecule has 0 saturated heterocycles. The Morgan fingerprint density at radius 1 is 1.04 bits per heavy atom. The molecule has 4 nitrogen and oxygen atoms in total. The Morgan fingerprint density at radius 3 is 2.58 bits per heavy atom. The summed E-state index contributed by atoms with van der Waals surface area (Å²) in [5.74, 6) is 0. The van der Waals surface area contributed by atoms with Crippen LogP contribution in [0.4, 0.5) is 0 Å². The molecule has 0 aliphatic rings. The molecule has 6 heteroatoms. The summed E-state index contributed by atoms with van der Waals surface area (Å²) in [4.78, 5) is 13.7. The van der Waals surface area contributed by atoms with Crippen LogP contribution in [0.2, 0.25) is 5.02 Å². The molecule has 1 N–H and O–H groups in total. The van der Waals surface area contributed by atoms with Crippen LogP contribution in [0.15, 0.2) is 48.1 Å². The maximum atomic E-state index is 6.35. The molecule has 0 aliphatic carbocycles. The van der Waals surface area contributed by atoms with E-state index in [1.807, 2.05) is 23.7 Å². The minimum absolute atomic E-state index is 0.0954. The number of rotatable bonds is 8. The Hall–Kier alpha value is -1.82. The van der Waals surface area contributed by atoms with Crippen molar-refractivity contribution < 1.29 is 0 Å². The Bertz CT molecular complexity index is 822. The first kappa shape index (κ1) is 19.0. The third-order valence-corrected chi connectivity index (χ3v) is 5.44. The van der Waals surface area contributed by atoms with Crippen LogP contribution in [0.3, 0.4) is 0 Å². The van der Waals surface area contributed by atoms with Gasteiger partial charge in [-0.1, -0.05) is 31.5 Å². The van der Waals surface area contributed by atoms with Crippen LogP contribution in [0.5, 0.6) is 0 Å². The Morgan fingerprint density at radius 2 is 1.88 bits per heavy atom. The zero-order chi connectivity index (χ0) is 18.4. The van der Waals surface area contributed by atoms with Crippen molar-refractivity contribution in [2.75, 3.05) is 0 Å². The van der Waals surface area contributed by atoms with Gasteiger partial charge in [0.2, 0.25) is 0 Å². The summed E-state index contributed by atoms with van der Waals surface area (Å²) in [6.07, 6.45) is 6.24. The Balaban J connectivity index is 1.78. The van der Waals surface area contributed by atoms with E-state index in [9.17, 15) is 0 Å². The molecule has 3 aromatic rings. The van der Waals surface area contributed by atoms with Crippen molar-refractivity contribution in [1.29, 1.82) is 0 Å². The molecule has 136 valence electrons. The van der Waals surface area contributed by atoms with E-state index in [-0.39, 0.29) is 12.1 Å². The summed E-state index contributed by atoms with van der Waals surface area (Å²) in [6, 6.07) is 10.2. The van der Waals surface area contributed by atoms with Crippen molar-refractivity contribution in [2.24, 2.45) is 0 Å². The second-order valence-corrected chi connectivity index (χ2v) is 7.50. The molecule has 0 unspecified atom stereocenters. The Kier molecular flexibility index (Phi) is 6.72. The Labute approximate surface area is 163 Å². The van der Waals surface area contributed by atoms with Gasteiger partial charge in [0, 0.05) is 35.9 Å². The van der Waals surface area contributed by atoms with Crippen molar-refractivity contribution >= 4 is 22.9 Å². The lowest BCUT2D eigenvalue weighted by Gasteiger charge is -2.24. The van der Waals surface area contributed by atoms with Gasteiger partial charge in [0.25, 0.3) is 0 Å². The molecule has 26 heavy (non-hydrogen) atoms. The molecule has 0 aromatic carbocycles. The fourth-order valence-electron chi connectivity index (χ4n) is 2.99. The van der Waals surface area contributed by atoms with E-state index in [4.69, 9.17) is 16.6 Å². The molecule has 2 atom stereocenters. The second kappa shape index (κ2) is 9.21. The van der Waals surface area contributed by atoms with Gasteiger partial charge < -0.3 is 5.32 Å². The van der Waals surface area contributed by atoms with Gasteiger partial charge in [0.1, 0.15) is 0 Å². The zero-order valence-corrected chi connectivity index (χ0v) is 16.6. The molecule has 0 bridgehead atoms. The van der Waals surface area contributed by atoms with E-state index >= 15 is 0 Å². The fourth-order valence-corrected chi connectivity index (χ4v) is 3.87. The van der Waals surface area contributed by atoms with Gasteiger partial charge in [0.15, 0.2) is 0 Å². The summed E-state index contributed by atoms with van der Waals surface area (Å²) in [5.41, 5.74) is 2.99. The van der Waals surface area contributed by atoms with E-state index in [1.54, 1.807) is 17.5 Å². The van der Waals surface area contributed by atoms with Crippen molar-refractivity contribution in [3.8, 4) is 0 Å². The molecule has 0 fully saturated rings. The molecule has 0 amide bonds. The maximum absolute atomic E-state index is 6.35. The van der Waals surface area contributed by atoms with Gasteiger partial charge in [0.05, 0.1) is 27.5 Å². The molecule has 0 spiro atoms. The lowest BCUT2D eigenvalue weighted by Crippen LogP contribution is -2.27.